The zero-order valence-corrected chi connectivity index (χ0v) is 10.7. The van der Waals surface area contributed by atoms with Gasteiger partial charge in [0.2, 0.25) is 0 Å². The first-order valence-corrected chi connectivity index (χ1v) is 6.62. The number of hydrogen-bond acceptors (Lipinski definition) is 2. The predicted molar refractivity (Wildman–Crippen MR) is 66.9 cm³/mol. The van der Waals surface area contributed by atoms with Crippen molar-refractivity contribution in [3.05, 3.63) is 0 Å². The fraction of sp³-hybridized carbons (Fsp3) is 1.00. The Morgan fingerprint density at radius 2 is 2.00 bits per heavy atom. The first-order chi connectivity index (χ1) is 7.20. The Hall–Kier alpha value is -0.0800. The molecule has 0 aromatic carbocycles. The highest BCUT2D eigenvalue weighted by atomic mass is 15.2. The first-order valence-electron chi connectivity index (χ1n) is 6.62. The molecule has 0 bridgehead atoms. The van der Waals surface area contributed by atoms with Crippen LogP contribution in [-0.4, -0.2) is 30.6 Å². The number of nitrogens with two attached hydrogens (primary N) is 1. The summed E-state index contributed by atoms with van der Waals surface area (Å²) in [7, 11) is 2.30. The number of hydrogen-bond donors (Lipinski definition) is 1. The Bertz CT molecular complexity index is 170. The van der Waals surface area contributed by atoms with E-state index in [1.54, 1.807) is 0 Å². The van der Waals surface area contributed by atoms with Crippen LogP contribution < -0.4 is 5.73 Å². The maximum atomic E-state index is 5.68. The van der Waals surface area contributed by atoms with E-state index < -0.39 is 0 Å². The molecule has 2 nitrogen and oxygen atoms in total. The topological polar surface area (TPSA) is 29.3 Å². The van der Waals surface area contributed by atoms with Gasteiger partial charge in [-0.05, 0) is 45.2 Å². The van der Waals surface area contributed by atoms with Crippen LogP contribution in [-0.2, 0) is 0 Å². The molecule has 1 aliphatic carbocycles. The Balaban J connectivity index is 2.51. The second-order valence-electron chi connectivity index (χ2n) is 5.13. The van der Waals surface area contributed by atoms with Crippen LogP contribution in [0.5, 0.6) is 0 Å². The summed E-state index contributed by atoms with van der Waals surface area (Å²) < 4.78 is 0. The van der Waals surface area contributed by atoms with Gasteiger partial charge < -0.3 is 10.6 Å². The van der Waals surface area contributed by atoms with E-state index in [1.165, 1.54) is 32.1 Å². The van der Waals surface area contributed by atoms with Crippen molar-refractivity contribution in [2.24, 2.45) is 11.7 Å². The van der Waals surface area contributed by atoms with Crippen LogP contribution in [0.25, 0.3) is 0 Å². The van der Waals surface area contributed by atoms with Gasteiger partial charge in [-0.25, -0.2) is 0 Å². The van der Waals surface area contributed by atoms with Crippen molar-refractivity contribution in [3.8, 4) is 0 Å². The van der Waals surface area contributed by atoms with E-state index in [9.17, 15) is 0 Å². The second-order valence-corrected chi connectivity index (χ2v) is 5.13. The van der Waals surface area contributed by atoms with Crippen LogP contribution in [0.2, 0.25) is 0 Å². The van der Waals surface area contributed by atoms with Gasteiger partial charge >= 0.3 is 0 Å². The third-order valence-electron chi connectivity index (χ3n) is 4.14. The maximum absolute atomic E-state index is 5.68. The molecule has 1 fully saturated rings. The van der Waals surface area contributed by atoms with E-state index in [2.05, 4.69) is 25.8 Å². The highest BCUT2D eigenvalue weighted by molar-refractivity contribution is 4.83. The molecule has 0 amide bonds. The lowest BCUT2D eigenvalue weighted by Crippen LogP contribution is -2.45. The molecule has 3 atom stereocenters. The summed E-state index contributed by atoms with van der Waals surface area (Å²) >= 11 is 0. The largest absolute Gasteiger partial charge is 0.330 e. The molecule has 0 saturated heterocycles. The standard InChI is InChI=1S/C13H28N2/c1-4-12(9-10-14)15(3)13-8-6-5-7-11(13)2/h11-13H,4-10,14H2,1-3H3. The van der Waals surface area contributed by atoms with Gasteiger partial charge in [-0.1, -0.05) is 26.7 Å². The summed E-state index contributed by atoms with van der Waals surface area (Å²) in [6.07, 6.45) is 8.03. The lowest BCUT2D eigenvalue weighted by atomic mass is 9.84. The molecule has 0 aromatic rings. The lowest BCUT2D eigenvalue weighted by Gasteiger charge is -2.40. The first kappa shape index (κ1) is 13.0. The van der Waals surface area contributed by atoms with E-state index in [0.717, 1.165) is 24.9 Å². The summed E-state index contributed by atoms with van der Waals surface area (Å²) in [5, 5.41) is 0. The third kappa shape index (κ3) is 3.46. The summed E-state index contributed by atoms with van der Waals surface area (Å²) in [5.74, 6) is 0.871. The highest BCUT2D eigenvalue weighted by Gasteiger charge is 2.27. The fourth-order valence-electron chi connectivity index (χ4n) is 3.06. The van der Waals surface area contributed by atoms with E-state index in [-0.39, 0.29) is 0 Å². The van der Waals surface area contributed by atoms with Crippen molar-refractivity contribution in [3.63, 3.8) is 0 Å². The molecule has 0 aromatic heterocycles. The zero-order chi connectivity index (χ0) is 11.3. The molecule has 0 spiro atoms. The smallest absolute Gasteiger partial charge is 0.0121 e. The van der Waals surface area contributed by atoms with E-state index in [1.807, 2.05) is 0 Å². The molecule has 15 heavy (non-hydrogen) atoms. The molecule has 0 radical (unpaired) electrons. The van der Waals surface area contributed by atoms with E-state index >= 15 is 0 Å². The normalized spacial score (nSPS) is 29.4. The number of rotatable bonds is 5. The summed E-state index contributed by atoms with van der Waals surface area (Å²) in [5.41, 5.74) is 5.68. The van der Waals surface area contributed by atoms with Crippen LogP contribution in [0.1, 0.15) is 52.4 Å². The van der Waals surface area contributed by atoms with Crippen molar-refractivity contribution in [1.29, 1.82) is 0 Å². The molecule has 1 aliphatic rings. The number of nitrogens with zero attached hydrogens (tertiary/aromatic N) is 1. The molecular weight excluding hydrogens is 184 g/mol. The van der Waals surface area contributed by atoms with E-state index in [0.29, 0.717) is 6.04 Å². The average molecular weight is 212 g/mol. The monoisotopic (exact) mass is 212 g/mol. The van der Waals surface area contributed by atoms with Crippen LogP contribution in [0.3, 0.4) is 0 Å². The molecule has 90 valence electrons. The van der Waals surface area contributed by atoms with Gasteiger partial charge in [0.15, 0.2) is 0 Å². The average Bonchev–Trinajstić information content (AvgIpc) is 2.25. The second kappa shape index (κ2) is 6.49. The Labute approximate surface area is 95.2 Å². The summed E-state index contributed by atoms with van der Waals surface area (Å²) in [6, 6.07) is 1.50. The molecule has 1 rings (SSSR count). The van der Waals surface area contributed by atoms with Gasteiger partial charge in [0, 0.05) is 12.1 Å². The van der Waals surface area contributed by atoms with Crippen LogP contribution in [0, 0.1) is 5.92 Å². The minimum atomic E-state index is 0.695. The van der Waals surface area contributed by atoms with E-state index in [4.69, 9.17) is 5.73 Å². The van der Waals surface area contributed by atoms with Gasteiger partial charge in [0.05, 0.1) is 0 Å². The van der Waals surface area contributed by atoms with Crippen LogP contribution in [0.4, 0.5) is 0 Å². The minimum Gasteiger partial charge on any atom is -0.330 e. The van der Waals surface area contributed by atoms with Gasteiger partial charge in [0.1, 0.15) is 0 Å². The van der Waals surface area contributed by atoms with Gasteiger partial charge in [0.25, 0.3) is 0 Å². The minimum absolute atomic E-state index is 0.695. The molecule has 1 saturated carbocycles. The van der Waals surface area contributed by atoms with Gasteiger partial charge in [-0.3, -0.25) is 0 Å². The molecule has 2 heteroatoms. The van der Waals surface area contributed by atoms with Crippen molar-refractivity contribution >= 4 is 0 Å². The predicted octanol–water partition coefficient (Wildman–Crippen LogP) is 2.62. The van der Waals surface area contributed by atoms with Crippen molar-refractivity contribution < 1.29 is 0 Å². The third-order valence-corrected chi connectivity index (χ3v) is 4.14. The summed E-state index contributed by atoms with van der Waals surface area (Å²) in [4.78, 5) is 2.61. The van der Waals surface area contributed by atoms with Crippen molar-refractivity contribution in [1.82, 2.24) is 4.90 Å². The van der Waals surface area contributed by atoms with Crippen LogP contribution >= 0.6 is 0 Å². The van der Waals surface area contributed by atoms with Crippen molar-refractivity contribution in [2.75, 3.05) is 13.6 Å². The summed E-state index contributed by atoms with van der Waals surface area (Å²) in [6.45, 7) is 5.52. The SMILES string of the molecule is CCC(CCN)N(C)C1CCCCC1C. The molecular formula is C13H28N2. The van der Waals surface area contributed by atoms with Crippen molar-refractivity contribution in [2.45, 2.75) is 64.5 Å². The van der Waals surface area contributed by atoms with Gasteiger partial charge in [-0.2, -0.15) is 0 Å². The fourth-order valence-corrected chi connectivity index (χ4v) is 3.06. The highest BCUT2D eigenvalue weighted by Crippen LogP contribution is 2.29. The molecule has 0 aliphatic heterocycles. The van der Waals surface area contributed by atoms with Crippen LogP contribution in [0.15, 0.2) is 0 Å². The Morgan fingerprint density at radius 1 is 1.33 bits per heavy atom. The Kier molecular flexibility index (Phi) is 5.62. The quantitative estimate of drug-likeness (QED) is 0.759. The molecule has 2 N–H and O–H groups in total. The molecule has 3 unspecified atom stereocenters. The Morgan fingerprint density at radius 3 is 2.53 bits per heavy atom. The lowest BCUT2D eigenvalue weighted by molar-refractivity contribution is 0.0908. The zero-order valence-electron chi connectivity index (χ0n) is 10.7. The molecule has 0 heterocycles. The van der Waals surface area contributed by atoms with Gasteiger partial charge in [-0.15, -0.1) is 0 Å². The maximum Gasteiger partial charge on any atom is 0.0121 e.